The van der Waals surface area contributed by atoms with Crippen LogP contribution in [-0.4, -0.2) is 35.6 Å². The van der Waals surface area contributed by atoms with Crippen molar-refractivity contribution < 1.29 is 0 Å². The van der Waals surface area contributed by atoms with Gasteiger partial charge in [0.05, 0.1) is 6.07 Å². The van der Waals surface area contributed by atoms with Crippen molar-refractivity contribution in [2.45, 2.75) is 83.8 Å². The third-order valence-electron chi connectivity index (χ3n) is 4.48. The van der Waals surface area contributed by atoms with Gasteiger partial charge >= 0.3 is 0 Å². The molecule has 3 atom stereocenters. The van der Waals surface area contributed by atoms with E-state index in [0.29, 0.717) is 12.1 Å². The van der Waals surface area contributed by atoms with E-state index < -0.39 is 5.54 Å². The van der Waals surface area contributed by atoms with Crippen LogP contribution in [0, 0.1) is 11.3 Å². The molecule has 1 N–H and O–H groups in total. The quantitative estimate of drug-likeness (QED) is 0.801. The van der Waals surface area contributed by atoms with Crippen LogP contribution in [0.2, 0.25) is 0 Å². The summed E-state index contributed by atoms with van der Waals surface area (Å²) in [6.07, 6.45) is 7.51. The Kier molecular flexibility index (Phi) is 6.82. The lowest BCUT2D eigenvalue weighted by atomic mass is 9.93. The Hall–Kier alpha value is -0.590. The molecule has 1 aliphatic heterocycles. The predicted octanol–water partition coefficient (Wildman–Crippen LogP) is 3.31. The van der Waals surface area contributed by atoms with Crippen molar-refractivity contribution in [3.05, 3.63) is 0 Å². The van der Waals surface area contributed by atoms with Crippen LogP contribution in [0.1, 0.15) is 66.2 Å². The molecule has 0 saturated carbocycles. The zero-order valence-corrected chi connectivity index (χ0v) is 13.2. The lowest BCUT2D eigenvalue weighted by molar-refractivity contribution is 0.121. The van der Waals surface area contributed by atoms with Crippen molar-refractivity contribution in [3.8, 4) is 6.07 Å². The van der Waals surface area contributed by atoms with Crippen LogP contribution >= 0.6 is 0 Å². The molecule has 0 amide bonds. The summed E-state index contributed by atoms with van der Waals surface area (Å²) in [5.41, 5.74) is -0.390. The van der Waals surface area contributed by atoms with E-state index in [2.05, 4.69) is 37.1 Å². The minimum atomic E-state index is -0.390. The summed E-state index contributed by atoms with van der Waals surface area (Å²) < 4.78 is 0. The third kappa shape index (κ3) is 4.78. The molecule has 1 heterocycles. The van der Waals surface area contributed by atoms with Crippen LogP contribution in [0.3, 0.4) is 0 Å². The van der Waals surface area contributed by atoms with Crippen LogP contribution in [0.25, 0.3) is 0 Å². The zero-order valence-electron chi connectivity index (χ0n) is 13.2. The van der Waals surface area contributed by atoms with Gasteiger partial charge in [0.25, 0.3) is 0 Å². The summed E-state index contributed by atoms with van der Waals surface area (Å²) in [6.45, 7) is 10.7. The van der Waals surface area contributed by atoms with Gasteiger partial charge < -0.3 is 0 Å². The predicted molar refractivity (Wildman–Crippen MR) is 81.0 cm³/mol. The van der Waals surface area contributed by atoms with E-state index in [1.165, 1.54) is 38.6 Å². The van der Waals surface area contributed by atoms with E-state index in [1.807, 2.05) is 6.92 Å². The Balaban J connectivity index is 2.68. The highest BCUT2D eigenvalue weighted by Crippen LogP contribution is 2.25. The van der Waals surface area contributed by atoms with Gasteiger partial charge in [-0.05, 0) is 52.6 Å². The molecular formula is C16H31N3. The van der Waals surface area contributed by atoms with E-state index in [0.717, 1.165) is 13.0 Å². The Morgan fingerprint density at radius 2 is 2.11 bits per heavy atom. The molecule has 0 bridgehead atoms. The fourth-order valence-electron chi connectivity index (χ4n) is 3.47. The molecule has 1 saturated heterocycles. The number of hydrogen-bond acceptors (Lipinski definition) is 3. The number of likely N-dealkylation sites (tertiary alicyclic amines) is 1. The topological polar surface area (TPSA) is 39.1 Å². The Bertz CT molecular complexity index is 297. The van der Waals surface area contributed by atoms with E-state index in [-0.39, 0.29) is 0 Å². The van der Waals surface area contributed by atoms with E-state index >= 15 is 0 Å². The van der Waals surface area contributed by atoms with Crippen LogP contribution in [0.4, 0.5) is 0 Å². The van der Waals surface area contributed by atoms with Gasteiger partial charge in [0.1, 0.15) is 5.54 Å². The first-order valence-electron chi connectivity index (χ1n) is 7.98. The maximum Gasteiger partial charge on any atom is 0.105 e. The standard InChI is InChI=1S/C16H31N3/c1-5-15-10-8-7-9-11-19(15)14(3)12-16(4,13-17)18-6-2/h14-15,18H,5-12H2,1-4H3. The molecule has 0 aliphatic carbocycles. The van der Waals surface area contributed by atoms with Crippen molar-refractivity contribution in [1.82, 2.24) is 10.2 Å². The van der Waals surface area contributed by atoms with Gasteiger partial charge in [-0.25, -0.2) is 0 Å². The van der Waals surface area contributed by atoms with Gasteiger partial charge in [0.15, 0.2) is 0 Å². The van der Waals surface area contributed by atoms with Gasteiger partial charge in [-0.3, -0.25) is 10.2 Å². The fraction of sp³-hybridized carbons (Fsp3) is 0.938. The summed E-state index contributed by atoms with van der Waals surface area (Å²) in [5.74, 6) is 0. The molecule has 0 spiro atoms. The van der Waals surface area contributed by atoms with Gasteiger partial charge in [-0.15, -0.1) is 0 Å². The molecule has 0 aromatic carbocycles. The second kappa shape index (κ2) is 7.87. The maximum absolute atomic E-state index is 9.41. The highest BCUT2D eigenvalue weighted by Gasteiger charge is 2.31. The number of nitrogens with zero attached hydrogens (tertiary/aromatic N) is 2. The van der Waals surface area contributed by atoms with Crippen molar-refractivity contribution >= 4 is 0 Å². The molecule has 3 nitrogen and oxygen atoms in total. The summed E-state index contributed by atoms with van der Waals surface area (Å²) in [7, 11) is 0. The van der Waals surface area contributed by atoms with Crippen molar-refractivity contribution in [3.63, 3.8) is 0 Å². The largest absolute Gasteiger partial charge is 0.300 e. The summed E-state index contributed by atoms with van der Waals surface area (Å²) in [4.78, 5) is 2.65. The molecule has 1 fully saturated rings. The molecule has 1 rings (SSSR count). The number of nitriles is 1. The van der Waals surface area contributed by atoms with Gasteiger partial charge in [-0.2, -0.15) is 5.26 Å². The average molecular weight is 265 g/mol. The lowest BCUT2D eigenvalue weighted by Crippen LogP contribution is -2.49. The minimum absolute atomic E-state index is 0.390. The third-order valence-corrected chi connectivity index (χ3v) is 4.48. The highest BCUT2D eigenvalue weighted by molar-refractivity contribution is 5.05. The maximum atomic E-state index is 9.41. The summed E-state index contributed by atoms with van der Waals surface area (Å²) in [5, 5.41) is 12.8. The smallest absolute Gasteiger partial charge is 0.105 e. The summed E-state index contributed by atoms with van der Waals surface area (Å²) >= 11 is 0. The van der Waals surface area contributed by atoms with Crippen molar-refractivity contribution in [2.24, 2.45) is 0 Å². The Labute approximate surface area is 119 Å². The van der Waals surface area contributed by atoms with Crippen LogP contribution < -0.4 is 5.32 Å². The van der Waals surface area contributed by atoms with Crippen molar-refractivity contribution in [1.29, 1.82) is 5.26 Å². The Morgan fingerprint density at radius 3 is 2.68 bits per heavy atom. The van der Waals surface area contributed by atoms with Crippen LogP contribution in [0.15, 0.2) is 0 Å². The fourth-order valence-corrected chi connectivity index (χ4v) is 3.47. The number of nitrogens with one attached hydrogen (secondary N) is 1. The van der Waals surface area contributed by atoms with Gasteiger partial charge in [0, 0.05) is 12.1 Å². The second-order valence-corrected chi connectivity index (χ2v) is 6.18. The molecule has 1 aliphatic rings. The monoisotopic (exact) mass is 265 g/mol. The second-order valence-electron chi connectivity index (χ2n) is 6.18. The highest BCUT2D eigenvalue weighted by atomic mass is 15.2. The molecule has 3 heteroatoms. The normalized spacial score (nSPS) is 26.2. The SMILES string of the molecule is CCNC(C)(C#N)CC(C)N1CCCCCC1CC. The summed E-state index contributed by atoms with van der Waals surface area (Å²) in [6, 6.07) is 3.65. The number of rotatable bonds is 6. The van der Waals surface area contributed by atoms with Crippen LogP contribution in [-0.2, 0) is 0 Å². The van der Waals surface area contributed by atoms with Gasteiger partial charge in [0.2, 0.25) is 0 Å². The molecular weight excluding hydrogens is 234 g/mol. The molecule has 0 aromatic heterocycles. The molecule has 19 heavy (non-hydrogen) atoms. The van der Waals surface area contributed by atoms with Gasteiger partial charge in [-0.1, -0.05) is 26.7 Å². The lowest BCUT2D eigenvalue weighted by Gasteiger charge is -2.38. The van der Waals surface area contributed by atoms with Crippen LogP contribution in [0.5, 0.6) is 0 Å². The average Bonchev–Trinajstić information content (AvgIpc) is 2.63. The minimum Gasteiger partial charge on any atom is -0.300 e. The first kappa shape index (κ1) is 16.5. The molecule has 110 valence electrons. The first-order valence-corrected chi connectivity index (χ1v) is 7.98. The van der Waals surface area contributed by atoms with E-state index in [1.54, 1.807) is 0 Å². The van der Waals surface area contributed by atoms with E-state index in [9.17, 15) is 5.26 Å². The Morgan fingerprint density at radius 1 is 1.37 bits per heavy atom. The van der Waals surface area contributed by atoms with Crippen molar-refractivity contribution in [2.75, 3.05) is 13.1 Å². The molecule has 0 radical (unpaired) electrons. The molecule has 3 unspecified atom stereocenters. The number of hydrogen-bond donors (Lipinski definition) is 1. The van der Waals surface area contributed by atoms with E-state index in [4.69, 9.17) is 0 Å². The molecule has 0 aromatic rings. The first-order chi connectivity index (χ1) is 9.06. The zero-order chi connectivity index (χ0) is 14.3.